The van der Waals surface area contributed by atoms with E-state index in [4.69, 9.17) is 16.7 Å². The lowest BCUT2D eigenvalue weighted by Gasteiger charge is -2.03. The summed E-state index contributed by atoms with van der Waals surface area (Å²) >= 11 is 7.44. The Kier molecular flexibility index (Phi) is 3.75. The zero-order chi connectivity index (χ0) is 9.84. The molecule has 13 heavy (non-hydrogen) atoms. The molecule has 1 aromatic heterocycles. The van der Waals surface area contributed by atoms with Crippen molar-refractivity contribution in [2.45, 2.75) is 19.8 Å². The van der Waals surface area contributed by atoms with Gasteiger partial charge >= 0.3 is 5.97 Å². The fraction of sp³-hybridized carbons (Fsp3) is 0.444. The summed E-state index contributed by atoms with van der Waals surface area (Å²) < 4.78 is 0. The van der Waals surface area contributed by atoms with E-state index in [0.717, 1.165) is 16.3 Å². The van der Waals surface area contributed by atoms with E-state index in [9.17, 15) is 4.79 Å². The van der Waals surface area contributed by atoms with E-state index >= 15 is 0 Å². The lowest BCUT2D eigenvalue weighted by atomic mass is 10.1. The molecule has 1 rings (SSSR count). The van der Waals surface area contributed by atoms with Crippen LogP contribution in [0.1, 0.15) is 18.2 Å². The molecule has 4 heteroatoms. The second kappa shape index (κ2) is 4.63. The highest BCUT2D eigenvalue weighted by Gasteiger charge is 2.11. The number of aliphatic carboxylic acids is 1. The Bertz CT molecular complexity index is 296. The molecule has 0 aliphatic carbocycles. The first-order chi connectivity index (χ1) is 6.11. The van der Waals surface area contributed by atoms with E-state index in [2.05, 4.69) is 0 Å². The molecule has 72 valence electrons. The normalized spacial score (nSPS) is 12.8. The van der Waals surface area contributed by atoms with E-state index in [1.54, 1.807) is 18.3 Å². The number of hydrogen-bond acceptors (Lipinski definition) is 2. The highest BCUT2D eigenvalue weighted by atomic mass is 35.5. The van der Waals surface area contributed by atoms with Crippen LogP contribution in [-0.4, -0.2) is 11.1 Å². The number of rotatable bonds is 4. The molecule has 0 saturated carbocycles. The SMILES string of the molecule is CC(CCc1sccc1Cl)C(=O)O. The van der Waals surface area contributed by atoms with Gasteiger partial charge in [-0.25, -0.2) is 0 Å². The summed E-state index contributed by atoms with van der Waals surface area (Å²) in [4.78, 5) is 11.6. The Balaban J connectivity index is 2.44. The number of aryl methyl sites for hydroxylation is 1. The molecular formula is C9H11ClO2S. The van der Waals surface area contributed by atoms with Crippen LogP contribution >= 0.6 is 22.9 Å². The molecule has 1 N–H and O–H groups in total. The third-order valence-corrected chi connectivity index (χ3v) is 3.36. The highest BCUT2D eigenvalue weighted by Crippen LogP contribution is 2.24. The minimum atomic E-state index is -0.743. The topological polar surface area (TPSA) is 37.3 Å². The molecule has 1 heterocycles. The second-order valence-electron chi connectivity index (χ2n) is 2.97. The minimum absolute atomic E-state index is 0.293. The van der Waals surface area contributed by atoms with Gasteiger partial charge in [0.15, 0.2) is 0 Å². The highest BCUT2D eigenvalue weighted by molar-refractivity contribution is 7.10. The Morgan fingerprint density at radius 1 is 1.77 bits per heavy atom. The zero-order valence-corrected chi connectivity index (χ0v) is 8.86. The van der Waals surface area contributed by atoms with E-state index in [0.29, 0.717) is 6.42 Å². The van der Waals surface area contributed by atoms with Crippen molar-refractivity contribution in [3.8, 4) is 0 Å². The van der Waals surface area contributed by atoms with Crippen LogP contribution in [0, 0.1) is 5.92 Å². The second-order valence-corrected chi connectivity index (χ2v) is 4.38. The molecule has 0 radical (unpaired) electrons. The maximum atomic E-state index is 10.5. The Labute approximate surface area is 86.2 Å². The minimum Gasteiger partial charge on any atom is -0.481 e. The number of hydrogen-bond donors (Lipinski definition) is 1. The largest absolute Gasteiger partial charge is 0.481 e. The third kappa shape index (κ3) is 3.01. The van der Waals surface area contributed by atoms with Gasteiger partial charge in [0, 0.05) is 4.88 Å². The number of thiophene rings is 1. The average molecular weight is 219 g/mol. The summed E-state index contributed by atoms with van der Waals surface area (Å²) in [7, 11) is 0. The van der Waals surface area contributed by atoms with Gasteiger partial charge in [0.1, 0.15) is 0 Å². The van der Waals surface area contributed by atoms with Crippen LogP contribution in [0.5, 0.6) is 0 Å². The van der Waals surface area contributed by atoms with Gasteiger partial charge in [-0.05, 0) is 24.3 Å². The number of carbonyl (C=O) groups is 1. The van der Waals surface area contributed by atoms with Crippen LogP contribution in [0.25, 0.3) is 0 Å². The molecule has 1 aromatic rings. The molecule has 2 nitrogen and oxygen atoms in total. The summed E-state index contributed by atoms with van der Waals surface area (Å²) in [6.07, 6.45) is 1.40. The van der Waals surface area contributed by atoms with Crippen molar-refractivity contribution >= 4 is 28.9 Å². The van der Waals surface area contributed by atoms with Gasteiger partial charge in [-0.15, -0.1) is 11.3 Å². The summed E-state index contributed by atoms with van der Waals surface area (Å²) in [5.41, 5.74) is 0. The van der Waals surface area contributed by atoms with Crippen molar-refractivity contribution in [3.63, 3.8) is 0 Å². The van der Waals surface area contributed by atoms with Crippen molar-refractivity contribution in [2.24, 2.45) is 5.92 Å². The van der Waals surface area contributed by atoms with Crippen LogP contribution < -0.4 is 0 Å². The molecule has 0 spiro atoms. The maximum absolute atomic E-state index is 10.5. The van der Waals surface area contributed by atoms with Gasteiger partial charge in [-0.2, -0.15) is 0 Å². The van der Waals surface area contributed by atoms with E-state index in [-0.39, 0.29) is 5.92 Å². The third-order valence-electron chi connectivity index (χ3n) is 1.92. The lowest BCUT2D eigenvalue weighted by molar-refractivity contribution is -0.141. The molecule has 0 aromatic carbocycles. The first-order valence-electron chi connectivity index (χ1n) is 4.06. The zero-order valence-electron chi connectivity index (χ0n) is 7.29. The van der Waals surface area contributed by atoms with Crippen LogP contribution in [0.3, 0.4) is 0 Å². The fourth-order valence-corrected chi connectivity index (χ4v) is 2.13. The molecule has 0 aliphatic rings. The van der Waals surface area contributed by atoms with Crippen molar-refractivity contribution in [2.75, 3.05) is 0 Å². The van der Waals surface area contributed by atoms with Crippen LogP contribution in [-0.2, 0) is 11.2 Å². The summed E-state index contributed by atoms with van der Waals surface area (Å²) in [5.74, 6) is -1.04. The van der Waals surface area contributed by atoms with Gasteiger partial charge in [0.2, 0.25) is 0 Å². The van der Waals surface area contributed by atoms with E-state index < -0.39 is 5.97 Å². The number of carboxylic acids is 1. The van der Waals surface area contributed by atoms with E-state index in [1.165, 1.54) is 0 Å². The molecule has 1 atom stereocenters. The van der Waals surface area contributed by atoms with Crippen LogP contribution in [0.2, 0.25) is 5.02 Å². The molecule has 0 bridgehead atoms. The quantitative estimate of drug-likeness (QED) is 0.844. The first kappa shape index (κ1) is 10.5. The number of carboxylic acid groups (broad SMARTS) is 1. The molecule has 0 aliphatic heterocycles. The Hall–Kier alpha value is -0.540. The van der Waals surface area contributed by atoms with Crippen LogP contribution in [0.15, 0.2) is 11.4 Å². The first-order valence-corrected chi connectivity index (χ1v) is 5.31. The van der Waals surface area contributed by atoms with Crippen molar-refractivity contribution in [1.82, 2.24) is 0 Å². The monoisotopic (exact) mass is 218 g/mol. The predicted molar refractivity (Wildman–Crippen MR) is 54.4 cm³/mol. The lowest BCUT2D eigenvalue weighted by Crippen LogP contribution is -2.09. The predicted octanol–water partition coefficient (Wildman–Crippen LogP) is 3.05. The average Bonchev–Trinajstić information content (AvgIpc) is 2.47. The molecule has 0 saturated heterocycles. The van der Waals surface area contributed by atoms with Crippen molar-refractivity contribution in [3.05, 3.63) is 21.3 Å². The Morgan fingerprint density at radius 3 is 2.92 bits per heavy atom. The van der Waals surface area contributed by atoms with Gasteiger partial charge in [-0.1, -0.05) is 18.5 Å². The summed E-state index contributed by atoms with van der Waals surface area (Å²) in [6, 6.07) is 1.84. The molecule has 1 unspecified atom stereocenters. The van der Waals surface area contributed by atoms with Crippen LogP contribution in [0.4, 0.5) is 0 Å². The fourth-order valence-electron chi connectivity index (χ4n) is 0.975. The summed E-state index contributed by atoms with van der Waals surface area (Å²) in [6.45, 7) is 1.71. The molecule has 0 fully saturated rings. The smallest absolute Gasteiger partial charge is 0.306 e. The maximum Gasteiger partial charge on any atom is 0.306 e. The van der Waals surface area contributed by atoms with Gasteiger partial charge in [-0.3, -0.25) is 4.79 Å². The van der Waals surface area contributed by atoms with Gasteiger partial charge in [0.05, 0.1) is 10.9 Å². The van der Waals surface area contributed by atoms with Crippen molar-refractivity contribution < 1.29 is 9.90 Å². The number of halogens is 1. The van der Waals surface area contributed by atoms with E-state index in [1.807, 2.05) is 11.4 Å². The molecule has 0 amide bonds. The van der Waals surface area contributed by atoms with Crippen molar-refractivity contribution in [1.29, 1.82) is 0 Å². The molecular weight excluding hydrogens is 208 g/mol. The standard InChI is InChI=1S/C9H11ClO2S/c1-6(9(11)12)2-3-8-7(10)4-5-13-8/h4-6H,2-3H2,1H3,(H,11,12). The Morgan fingerprint density at radius 2 is 2.46 bits per heavy atom. The summed E-state index contributed by atoms with van der Waals surface area (Å²) in [5, 5.41) is 11.3. The van der Waals surface area contributed by atoms with Gasteiger partial charge in [0.25, 0.3) is 0 Å². The van der Waals surface area contributed by atoms with Gasteiger partial charge < -0.3 is 5.11 Å².